The van der Waals surface area contributed by atoms with Crippen LogP contribution in [0.15, 0.2) is 78.0 Å². The summed E-state index contributed by atoms with van der Waals surface area (Å²) in [5, 5.41) is 7.82. The smallest absolute Gasteiger partial charge is 0.357 e. The van der Waals surface area contributed by atoms with Crippen LogP contribution in [-0.4, -0.2) is 14.9 Å². The van der Waals surface area contributed by atoms with Crippen LogP contribution in [0.3, 0.4) is 0 Å². The summed E-state index contributed by atoms with van der Waals surface area (Å²) in [7, 11) is 0. The first-order valence-electron chi connectivity index (χ1n) is 8.01. The Morgan fingerprint density at radius 2 is 1.85 bits per heavy atom. The topological polar surface area (TPSA) is 42.2 Å². The summed E-state index contributed by atoms with van der Waals surface area (Å²) in [5.74, 6) is 0. The third-order valence-electron chi connectivity index (χ3n) is 3.65. The van der Waals surface area contributed by atoms with Crippen LogP contribution in [0, 0.1) is 0 Å². The van der Waals surface area contributed by atoms with E-state index in [1.165, 1.54) is 6.07 Å². The molecule has 4 nitrogen and oxygen atoms in total. The largest absolute Gasteiger partial charge is 0.416 e. The molecule has 0 aliphatic heterocycles. The van der Waals surface area contributed by atoms with E-state index >= 15 is 0 Å². The number of thiocarbonyl (C=S) groups is 1. The average molecular weight is 388 g/mol. The lowest BCUT2D eigenvalue weighted by Crippen LogP contribution is -2.22. The fraction of sp³-hybridized carbons (Fsp3) is 0.105. The first-order valence-corrected chi connectivity index (χ1v) is 8.42. The standard InChI is InChI=1S/C19H15F3N4S/c20-19(21,22)15-6-4-5-14(11-15)12-23-18(27)25-16-9-10-26(24-13-16)17-7-2-1-3-8-17/h1-11,13H,12H2,(H,23,27)/b25-16+. The number of hydrogen-bond donors (Lipinski definition) is 1. The van der Waals surface area contributed by atoms with Crippen molar-refractivity contribution < 1.29 is 13.2 Å². The molecule has 0 radical (unpaired) electrons. The molecule has 0 aliphatic carbocycles. The Labute approximate surface area is 159 Å². The van der Waals surface area contributed by atoms with Gasteiger partial charge < -0.3 is 5.32 Å². The van der Waals surface area contributed by atoms with Gasteiger partial charge in [-0.3, -0.25) is 0 Å². The van der Waals surface area contributed by atoms with Crippen LogP contribution in [0.1, 0.15) is 11.1 Å². The summed E-state index contributed by atoms with van der Waals surface area (Å²) in [5.41, 5.74) is 0.687. The monoisotopic (exact) mass is 388 g/mol. The summed E-state index contributed by atoms with van der Waals surface area (Å²) in [6.07, 6.45) is -1.06. The molecule has 0 atom stereocenters. The Kier molecular flexibility index (Phi) is 5.66. The van der Waals surface area contributed by atoms with Crippen molar-refractivity contribution in [3.05, 3.63) is 89.5 Å². The molecule has 8 heteroatoms. The van der Waals surface area contributed by atoms with Gasteiger partial charge in [-0.25, -0.2) is 9.67 Å². The summed E-state index contributed by atoms with van der Waals surface area (Å²) < 4.78 is 39.9. The van der Waals surface area contributed by atoms with Gasteiger partial charge in [0.25, 0.3) is 0 Å². The number of rotatable bonds is 3. The predicted octanol–water partition coefficient (Wildman–Crippen LogP) is 3.87. The molecule has 3 aromatic rings. The molecule has 0 aliphatic rings. The second-order valence-electron chi connectivity index (χ2n) is 5.63. The number of halogens is 3. The molecule has 138 valence electrons. The SMILES string of the molecule is FC(F)(F)c1cccc(CNC(=S)/N=c2\ccn(-c3ccccc3)nc2)c1. The van der Waals surface area contributed by atoms with Crippen LogP contribution >= 0.6 is 12.2 Å². The molecule has 0 unspecified atom stereocenters. The third kappa shape index (κ3) is 5.24. The van der Waals surface area contributed by atoms with E-state index in [1.54, 1.807) is 29.2 Å². The Morgan fingerprint density at radius 1 is 1.07 bits per heavy atom. The molecule has 0 spiro atoms. The van der Waals surface area contributed by atoms with Gasteiger partial charge in [-0.2, -0.15) is 18.3 Å². The van der Waals surface area contributed by atoms with E-state index < -0.39 is 11.7 Å². The van der Waals surface area contributed by atoms with Gasteiger partial charge in [0.05, 0.1) is 22.8 Å². The number of benzene rings is 2. The van der Waals surface area contributed by atoms with Crippen LogP contribution in [0.25, 0.3) is 5.69 Å². The molecule has 1 aromatic heterocycles. The van der Waals surface area contributed by atoms with Gasteiger partial charge in [0.1, 0.15) is 0 Å². The van der Waals surface area contributed by atoms with Crippen molar-refractivity contribution in [3.8, 4) is 5.69 Å². The molecule has 3 rings (SSSR count). The minimum atomic E-state index is -4.37. The fourth-order valence-electron chi connectivity index (χ4n) is 2.34. The van der Waals surface area contributed by atoms with Crippen molar-refractivity contribution in [1.82, 2.24) is 15.1 Å². The van der Waals surface area contributed by atoms with Crippen LogP contribution in [0.2, 0.25) is 0 Å². The lowest BCUT2D eigenvalue weighted by Gasteiger charge is -2.09. The maximum absolute atomic E-state index is 12.7. The van der Waals surface area contributed by atoms with Gasteiger partial charge in [-0.1, -0.05) is 30.3 Å². The van der Waals surface area contributed by atoms with Crippen LogP contribution in [0.5, 0.6) is 0 Å². The van der Waals surface area contributed by atoms with Crippen molar-refractivity contribution in [2.24, 2.45) is 4.99 Å². The highest BCUT2D eigenvalue weighted by atomic mass is 32.1. The van der Waals surface area contributed by atoms with E-state index in [0.717, 1.165) is 17.8 Å². The van der Waals surface area contributed by atoms with Crippen molar-refractivity contribution in [1.29, 1.82) is 0 Å². The second-order valence-corrected chi connectivity index (χ2v) is 6.02. The van der Waals surface area contributed by atoms with Gasteiger partial charge in [-0.15, -0.1) is 0 Å². The minimum absolute atomic E-state index is 0.149. The highest BCUT2D eigenvalue weighted by molar-refractivity contribution is 7.80. The van der Waals surface area contributed by atoms with Gasteiger partial charge in [-0.05, 0) is 48.1 Å². The lowest BCUT2D eigenvalue weighted by molar-refractivity contribution is -0.137. The number of aromatic nitrogens is 2. The molecule has 0 fully saturated rings. The van der Waals surface area contributed by atoms with E-state index in [1.807, 2.05) is 30.3 Å². The van der Waals surface area contributed by atoms with Crippen molar-refractivity contribution in [3.63, 3.8) is 0 Å². The zero-order valence-corrected chi connectivity index (χ0v) is 14.8. The zero-order chi connectivity index (χ0) is 19.3. The Balaban J connectivity index is 1.65. The fourth-order valence-corrected chi connectivity index (χ4v) is 2.52. The Bertz CT molecular complexity index is 977. The number of nitrogens with one attached hydrogen (secondary N) is 1. The summed E-state index contributed by atoms with van der Waals surface area (Å²) in [4.78, 5) is 4.20. The van der Waals surface area contributed by atoms with E-state index in [0.29, 0.717) is 10.9 Å². The molecule has 0 amide bonds. The highest BCUT2D eigenvalue weighted by Crippen LogP contribution is 2.29. The van der Waals surface area contributed by atoms with Crippen molar-refractivity contribution in [2.75, 3.05) is 0 Å². The molecule has 0 saturated heterocycles. The van der Waals surface area contributed by atoms with Crippen LogP contribution in [0.4, 0.5) is 13.2 Å². The third-order valence-corrected chi connectivity index (χ3v) is 3.89. The molecular weight excluding hydrogens is 373 g/mol. The molecule has 2 aromatic carbocycles. The van der Waals surface area contributed by atoms with E-state index in [4.69, 9.17) is 12.2 Å². The molecule has 0 bridgehead atoms. The molecule has 1 N–H and O–H groups in total. The quantitative estimate of drug-likeness (QED) is 0.693. The van der Waals surface area contributed by atoms with Crippen molar-refractivity contribution in [2.45, 2.75) is 12.7 Å². The number of nitrogens with zero attached hydrogens (tertiary/aromatic N) is 3. The number of para-hydroxylation sites is 1. The average Bonchev–Trinajstić information content (AvgIpc) is 2.67. The summed E-state index contributed by atoms with van der Waals surface area (Å²) in [6, 6.07) is 16.4. The Morgan fingerprint density at radius 3 is 2.52 bits per heavy atom. The van der Waals surface area contributed by atoms with Gasteiger partial charge in [0, 0.05) is 12.7 Å². The van der Waals surface area contributed by atoms with Crippen LogP contribution < -0.4 is 10.7 Å². The predicted molar refractivity (Wildman–Crippen MR) is 100 cm³/mol. The number of alkyl halides is 3. The van der Waals surface area contributed by atoms with E-state index in [-0.39, 0.29) is 11.7 Å². The van der Waals surface area contributed by atoms with Crippen molar-refractivity contribution >= 4 is 17.3 Å². The van der Waals surface area contributed by atoms with Gasteiger partial charge in [0.2, 0.25) is 0 Å². The zero-order valence-electron chi connectivity index (χ0n) is 14.0. The highest BCUT2D eigenvalue weighted by Gasteiger charge is 2.30. The van der Waals surface area contributed by atoms with Gasteiger partial charge >= 0.3 is 6.18 Å². The first-order chi connectivity index (χ1) is 12.9. The number of hydrogen-bond acceptors (Lipinski definition) is 2. The van der Waals surface area contributed by atoms with E-state index in [9.17, 15) is 13.2 Å². The lowest BCUT2D eigenvalue weighted by atomic mass is 10.1. The maximum Gasteiger partial charge on any atom is 0.416 e. The molecule has 1 heterocycles. The molecule has 27 heavy (non-hydrogen) atoms. The Hall–Kier alpha value is -3.00. The second kappa shape index (κ2) is 8.13. The summed E-state index contributed by atoms with van der Waals surface area (Å²) in [6.45, 7) is 0.149. The summed E-state index contributed by atoms with van der Waals surface area (Å²) >= 11 is 5.13. The van der Waals surface area contributed by atoms with Gasteiger partial charge in [0.15, 0.2) is 5.11 Å². The van der Waals surface area contributed by atoms with E-state index in [2.05, 4.69) is 15.4 Å². The maximum atomic E-state index is 12.7. The minimum Gasteiger partial charge on any atom is -0.357 e. The normalized spacial score (nSPS) is 12.0. The molecule has 0 saturated carbocycles. The first kappa shape index (κ1) is 18.8. The molecular formula is C19H15F3N4S. The van der Waals surface area contributed by atoms with Crippen LogP contribution in [-0.2, 0) is 12.7 Å².